The Morgan fingerprint density at radius 1 is 1.50 bits per heavy atom. The van der Waals surface area contributed by atoms with E-state index in [1.165, 1.54) is 11.3 Å². The molecule has 16 heavy (non-hydrogen) atoms. The largest absolute Gasteiger partial charge is 0.480 e. The van der Waals surface area contributed by atoms with Crippen LogP contribution >= 0.6 is 11.3 Å². The molecule has 1 N–H and O–H groups in total. The number of aromatic nitrogens is 1. The highest BCUT2D eigenvalue weighted by atomic mass is 32.1. The van der Waals surface area contributed by atoms with E-state index >= 15 is 0 Å². The predicted molar refractivity (Wildman–Crippen MR) is 65.4 cm³/mol. The summed E-state index contributed by atoms with van der Waals surface area (Å²) in [6.07, 6.45) is 0. The molecule has 5 heteroatoms. The van der Waals surface area contributed by atoms with E-state index in [0.717, 1.165) is 10.2 Å². The zero-order chi connectivity index (χ0) is 11.5. The van der Waals surface area contributed by atoms with Crippen LogP contribution in [0.2, 0.25) is 0 Å². The lowest BCUT2D eigenvalue weighted by atomic mass is 10.3. The van der Waals surface area contributed by atoms with Gasteiger partial charge in [0, 0.05) is 0 Å². The number of nitrogens with zero attached hydrogens (tertiary/aromatic N) is 1. The Balaban J connectivity index is 2.40. The summed E-state index contributed by atoms with van der Waals surface area (Å²) in [7, 11) is 0. The number of nitrogens with one attached hydrogen (secondary N) is 1. The fraction of sp³-hybridized carbons (Fsp3) is 0.273. The van der Waals surface area contributed by atoms with Crippen LogP contribution in [0, 0.1) is 5.41 Å². The van der Waals surface area contributed by atoms with Gasteiger partial charge in [-0.25, -0.2) is 0 Å². The fourth-order valence-electron chi connectivity index (χ4n) is 1.53. The summed E-state index contributed by atoms with van der Waals surface area (Å²) in [5, 5.41) is 7.56. The molecule has 0 saturated heterocycles. The highest BCUT2D eigenvalue weighted by Crippen LogP contribution is 2.16. The van der Waals surface area contributed by atoms with Crippen molar-refractivity contribution < 1.29 is 4.74 Å². The molecule has 0 bridgehead atoms. The number of ether oxygens (including phenoxy) is 1. The third-order valence-electron chi connectivity index (χ3n) is 2.19. The van der Waals surface area contributed by atoms with Gasteiger partial charge in [-0.2, -0.15) is 0 Å². The second kappa shape index (κ2) is 4.49. The van der Waals surface area contributed by atoms with E-state index in [1.54, 1.807) is 4.57 Å². The monoisotopic (exact) mass is 236 g/mol. The summed E-state index contributed by atoms with van der Waals surface area (Å²) in [4.78, 5) is 11.7. The van der Waals surface area contributed by atoms with Gasteiger partial charge >= 0.3 is 4.87 Å². The van der Waals surface area contributed by atoms with Crippen molar-refractivity contribution in [3.05, 3.63) is 33.9 Å². The summed E-state index contributed by atoms with van der Waals surface area (Å²) >= 11 is 1.19. The van der Waals surface area contributed by atoms with E-state index in [4.69, 9.17) is 10.1 Å². The molecule has 0 atom stereocenters. The van der Waals surface area contributed by atoms with E-state index in [1.807, 2.05) is 31.2 Å². The van der Waals surface area contributed by atoms with Crippen molar-refractivity contribution in [3.8, 4) is 0 Å². The number of rotatable bonds is 3. The van der Waals surface area contributed by atoms with E-state index in [2.05, 4.69) is 0 Å². The van der Waals surface area contributed by atoms with Crippen LogP contribution in [0.25, 0.3) is 10.2 Å². The summed E-state index contributed by atoms with van der Waals surface area (Å²) in [6.45, 7) is 2.48. The average molecular weight is 236 g/mol. The number of para-hydroxylation sites is 1. The fourth-order valence-corrected chi connectivity index (χ4v) is 2.42. The summed E-state index contributed by atoms with van der Waals surface area (Å²) in [5.74, 6) is 0.119. The van der Waals surface area contributed by atoms with Gasteiger partial charge in [-0.15, -0.1) is 0 Å². The highest BCUT2D eigenvalue weighted by molar-refractivity contribution is 7.16. The average Bonchev–Trinajstić information content (AvgIpc) is 2.56. The van der Waals surface area contributed by atoms with E-state index < -0.39 is 0 Å². The highest BCUT2D eigenvalue weighted by Gasteiger charge is 2.08. The molecule has 0 aliphatic heterocycles. The smallest absolute Gasteiger partial charge is 0.308 e. The molecule has 0 unspecified atom stereocenters. The maximum Gasteiger partial charge on any atom is 0.308 e. The molecular formula is C11H12N2O2S. The van der Waals surface area contributed by atoms with Crippen LogP contribution in [0.15, 0.2) is 29.1 Å². The number of benzene rings is 1. The maximum absolute atomic E-state index is 11.7. The van der Waals surface area contributed by atoms with Crippen LogP contribution in [0.1, 0.15) is 6.92 Å². The molecular weight excluding hydrogens is 224 g/mol. The lowest BCUT2D eigenvalue weighted by molar-refractivity contribution is 0.311. The lowest BCUT2D eigenvalue weighted by Gasteiger charge is -2.05. The molecule has 2 aromatic rings. The zero-order valence-corrected chi connectivity index (χ0v) is 9.71. The number of fused-ring (bicyclic) bond motifs is 1. The van der Waals surface area contributed by atoms with Gasteiger partial charge < -0.3 is 4.74 Å². The van der Waals surface area contributed by atoms with Gasteiger partial charge in [0.1, 0.15) is 6.54 Å². The van der Waals surface area contributed by atoms with Crippen LogP contribution in [0.3, 0.4) is 0 Å². The third kappa shape index (κ3) is 1.99. The molecule has 0 amide bonds. The molecule has 0 saturated carbocycles. The SMILES string of the molecule is CCOC(=N)Cn1c(=O)sc2ccccc21. The topological polar surface area (TPSA) is 55.1 Å². The van der Waals surface area contributed by atoms with Crippen molar-refractivity contribution in [1.29, 1.82) is 5.41 Å². The Labute approximate surface area is 96.6 Å². The predicted octanol–water partition coefficient (Wildman–Crippen LogP) is 2.08. The molecule has 84 valence electrons. The van der Waals surface area contributed by atoms with Gasteiger partial charge in [0.15, 0.2) is 0 Å². The second-order valence-electron chi connectivity index (χ2n) is 3.28. The Kier molecular flexibility index (Phi) is 3.05. The summed E-state index contributed by atoms with van der Waals surface area (Å²) in [5.41, 5.74) is 0.863. The summed E-state index contributed by atoms with van der Waals surface area (Å²) in [6, 6.07) is 7.57. The van der Waals surface area contributed by atoms with Gasteiger partial charge in [-0.1, -0.05) is 23.5 Å². The normalized spacial score (nSPS) is 10.6. The Hall–Kier alpha value is -1.62. The van der Waals surface area contributed by atoms with E-state index in [9.17, 15) is 4.79 Å². The minimum absolute atomic E-state index is 0.0503. The first-order valence-corrected chi connectivity index (χ1v) is 5.82. The van der Waals surface area contributed by atoms with Crippen molar-refractivity contribution in [2.75, 3.05) is 6.61 Å². The van der Waals surface area contributed by atoms with Gasteiger partial charge in [-0.3, -0.25) is 14.8 Å². The van der Waals surface area contributed by atoms with Crippen molar-refractivity contribution in [2.45, 2.75) is 13.5 Å². The molecule has 0 radical (unpaired) electrons. The first kappa shape index (κ1) is 10.9. The van der Waals surface area contributed by atoms with E-state index in [0.29, 0.717) is 6.61 Å². The van der Waals surface area contributed by atoms with Gasteiger partial charge in [0.05, 0.1) is 16.8 Å². The number of hydrogen-bond acceptors (Lipinski definition) is 4. The second-order valence-corrected chi connectivity index (χ2v) is 4.27. The van der Waals surface area contributed by atoms with Gasteiger partial charge in [0.25, 0.3) is 0 Å². The van der Waals surface area contributed by atoms with Gasteiger partial charge in [0.2, 0.25) is 5.90 Å². The van der Waals surface area contributed by atoms with Crippen molar-refractivity contribution in [1.82, 2.24) is 4.57 Å². The Bertz CT molecular complexity index is 571. The third-order valence-corrected chi connectivity index (χ3v) is 3.15. The molecule has 0 fully saturated rings. The van der Waals surface area contributed by atoms with Crippen LogP contribution in [0.4, 0.5) is 0 Å². The van der Waals surface area contributed by atoms with Crippen LogP contribution in [0.5, 0.6) is 0 Å². The molecule has 0 spiro atoms. The molecule has 1 aromatic carbocycles. The minimum Gasteiger partial charge on any atom is -0.480 e. The summed E-state index contributed by atoms with van der Waals surface area (Å²) < 4.78 is 7.56. The van der Waals surface area contributed by atoms with Crippen molar-refractivity contribution >= 4 is 27.5 Å². The van der Waals surface area contributed by atoms with Crippen LogP contribution in [-0.2, 0) is 11.3 Å². The van der Waals surface area contributed by atoms with E-state index in [-0.39, 0.29) is 17.3 Å². The molecule has 0 aliphatic rings. The standard InChI is InChI=1S/C11H12N2O2S/c1-2-15-10(12)7-13-8-5-3-4-6-9(8)16-11(13)14/h3-6,12H,2,7H2,1H3. The van der Waals surface area contributed by atoms with Crippen LogP contribution < -0.4 is 4.87 Å². The first-order valence-electron chi connectivity index (χ1n) is 5.01. The number of thiazole rings is 1. The maximum atomic E-state index is 11.7. The molecule has 2 rings (SSSR count). The van der Waals surface area contributed by atoms with Crippen molar-refractivity contribution in [2.24, 2.45) is 0 Å². The number of hydrogen-bond donors (Lipinski definition) is 1. The van der Waals surface area contributed by atoms with Gasteiger partial charge in [-0.05, 0) is 19.1 Å². The Morgan fingerprint density at radius 3 is 3.00 bits per heavy atom. The molecule has 0 aliphatic carbocycles. The quantitative estimate of drug-likeness (QED) is 0.655. The lowest BCUT2D eigenvalue weighted by Crippen LogP contribution is -2.20. The van der Waals surface area contributed by atoms with Crippen molar-refractivity contribution in [3.63, 3.8) is 0 Å². The molecule has 4 nitrogen and oxygen atoms in total. The molecule has 1 heterocycles. The zero-order valence-electron chi connectivity index (χ0n) is 8.90. The minimum atomic E-state index is -0.0503. The van der Waals surface area contributed by atoms with Crippen LogP contribution in [-0.4, -0.2) is 17.1 Å². The first-order chi connectivity index (χ1) is 7.72. The Morgan fingerprint density at radius 2 is 2.25 bits per heavy atom. The molecule has 1 aromatic heterocycles.